The summed E-state index contributed by atoms with van der Waals surface area (Å²) in [5.41, 5.74) is 0.153. The fourth-order valence-electron chi connectivity index (χ4n) is 12.7. The molecule has 2 saturated heterocycles. The first-order valence-electron chi connectivity index (χ1n) is 17.6. The third kappa shape index (κ3) is 4.58. The quantitative estimate of drug-likeness (QED) is 0.348. The van der Waals surface area contributed by atoms with Crippen molar-refractivity contribution in [2.45, 2.75) is 141 Å². The van der Waals surface area contributed by atoms with Crippen LogP contribution < -0.4 is 0 Å². The molecule has 8 heteroatoms. The summed E-state index contributed by atoms with van der Waals surface area (Å²) in [5, 5.41) is 40.7. The lowest BCUT2D eigenvalue weighted by atomic mass is 9.46. The number of fused-ring (bicyclic) bond motifs is 4. The van der Waals surface area contributed by atoms with Crippen LogP contribution in [0, 0.1) is 45.3 Å². The van der Waals surface area contributed by atoms with E-state index in [-0.39, 0.29) is 49.3 Å². The first kappa shape index (κ1) is 31.3. The number of hydrogen-bond donors (Lipinski definition) is 4. The summed E-state index contributed by atoms with van der Waals surface area (Å²) in [6.07, 6.45) is 11.0. The van der Waals surface area contributed by atoms with Crippen molar-refractivity contribution in [3.63, 3.8) is 0 Å². The number of nitrogens with zero attached hydrogens (tertiary/aromatic N) is 1. The van der Waals surface area contributed by atoms with E-state index < -0.39 is 11.7 Å². The second kappa shape index (κ2) is 10.6. The van der Waals surface area contributed by atoms with Crippen molar-refractivity contribution >= 4 is 0 Å². The summed E-state index contributed by atoms with van der Waals surface area (Å²) in [6, 6.07) is -0.251. The molecule has 7 fully saturated rings. The highest BCUT2D eigenvalue weighted by Crippen LogP contribution is 2.87. The van der Waals surface area contributed by atoms with Crippen LogP contribution in [0.2, 0.25) is 0 Å². The van der Waals surface area contributed by atoms with Crippen LogP contribution >= 0.6 is 0 Å². The van der Waals surface area contributed by atoms with Crippen LogP contribution in [0.1, 0.15) is 98.8 Å². The minimum absolute atomic E-state index is 0.0526. The van der Waals surface area contributed by atoms with Gasteiger partial charge in [-0.3, -0.25) is 4.90 Å². The summed E-state index contributed by atoms with van der Waals surface area (Å²) in [7, 11) is 0. The predicted octanol–water partition coefficient (Wildman–Crippen LogP) is 3.72. The Hall–Kier alpha value is -0.320. The highest BCUT2D eigenvalue weighted by molar-refractivity contribution is 5.29. The normalized spacial score (nSPS) is 49.8. The smallest absolute Gasteiger partial charge is 0.170 e. The molecule has 0 aromatic heterocycles. The number of morpholine rings is 1. The number of ether oxygens (including phenoxy) is 3. The number of aliphatic hydroxyl groups excluding tert-OH is 3. The van der Waals surface area contributed by atoms with E-state index in [1.54, 1.807) is 13.8 Å². The maximum atomic E-state index is 10.8. The fourth-order valence-corrected chi connectivity index (χ4v) is 12.7. The van der Waals surface area contributed by atoms with Crippen molar-refractivity contribution in [2.24, 2.45) is 45.3 Å². The lowest BCUT2D eigenvalue weighted by molar-refractivity contribution is -0.249. The van der Waals surface area contributed by atoms with Crippen LogP contribution in [0.15, 0.2) is 0 Å². The minimum Gasteiger partial charge on any atom is -0.395 e. The molecule has 4 N–H and O–H groups in total. The van der Waals surface area contributed by atoms with Gasteiger partial charge >= 0.3 is 0 Å². The summed E-state index contributed by atoms with van der Waals surface area (Å²) in [5.74, 6) is 2.69. The standard InChI is InChI=1S/C35H59NO7/c1-31(2)27-9-7-22-24-16-26-23(6-8-25(42-26)30(39)32(3,4)40)33(24,5)12-13-34(22)20-35(27,34)11-10-28(31)43-29-17-36(14-15-41-29)21(18-37)19-38/h21-30,37-40H,6-20H2,1-5H3/t22?,23?,24?,25?,26?,27?,28-,29?,30-,33?,34?,35?/m0/s1. The number of aliphatic hydroxyl groups is 4. The van der Waals surface area contributed by atoms with Gasteiger partial charge in [0.05, 0.1) is 56.3 Å². The molecule has 43 heavy (non-hydrogen) atoms. The number of rotatable bonds is 7. The Morgan fingerprint density at radius 3 is 2.40 bits per heavy atom. The molecule has 2 spiro atoms. The molecule has 5 aliphatic carbocycles. The van der Waals surface area contributed by atoms with Crippen LogP contribution in [0.25, 0.3) is 0 Å². The van der Waals surface area contributed by atoms with E-state index >= 15 is 0 Å². The van der Waals surface area contributed by atoms with E-state index in [1.165, 1.54) is 38.5 Å². The van der Waals surface area contributed by atoms with Crippen LogP contribution in [0.5, 0.6) is 0 Å². The van der Waals surface area contributed by atoms with Crippen LogP contribution in [-0.4, -0.2) is 101 Å². The van der Waals surface area contributed by atoms with E-state index in [2.05, 4.69) is 25.7 Å². The molecule has 7 rings (SSSR count). The highest BCUT2D eigenvalue weighted by Gasteiger charge is 2.80. The molecule has 8 nitrogen and oxygen atoms in total. The first-order chi connectivity index (χ1) is 20.3. The highest BCUT2D eigenvalue weighted by atomic mass is 16.7. The topological polar surface area (TPSA) is 112 Å². The van der Waals surface area contributed by atoms with Crippen molar-refractivity contribution in [3.8, 4) is 0 Å². The molecule has 0 aromatic carbocycles. The van der Waals surface area contributed by atoms with Gasteiger partial charge in [0, 0.05) is 6.54 Å². The van der Waals surface area contributed by atoms with Gasteiger partial charge in [-0.15, -0.1) is 0 Å². The summed E-state index contributed by atoms with van der Waals surface area (Å²) >= 11 is 0. The van der Waals surface area contributed by atoms with Crippen LogP contribution in [0.4, 0.5) is 0 Å². The van der Waals surface area contributed by atoms with Crippen molar-refractivity contribution in [3.05, 3.63) is 0 Å². The zero-order valence-corrected chi connectivity index (χ0v) is 27.3. The van der Waals surface area contributed by atoms with Crippen molar-refractivity contribution in [2.75, 3.05) is 32.9 Å². The molecule has 0 amide bonds. The van der Waals surface area contributed by atoms with Crippen molar-refractivity contribution < 1.29 is 34.6 Å². The summed E-state index contributed by atoms with van der Waals surface area (Å²) in [6.45, 7) is 12.6. The zero-order chi connectivity index (χ0) is 30.6. The van der Waals surface area contributed by atoms with Gasteiger partial charge in [-0.05, 0) is 123 Å². The van der Waals surface area contributed by atoms with E-state index in [4.69, 9.17) is 14.2 Å². The first-order valence-corrected chi connectivity index (χ1v) is 17.6. The van der Waals surface area contributed by atoms with Gasteiger partial charge in [0.1, 0.15) is 6.10 Å². The number of hydrogen-bond acceptors (Lipinski definition) is 8. The molecule has 2 heterocycles. The average Bonchev–Trinajstić information content (AvgIpc) is 3.54. The molecule has 2 aliphatic heterocycles. The second-order valence-electron chi connectivity index (χ2n) is 17.4. The SMILES string of the molecule is CC12CCC34CC35CC[C@H](OC3CN(C(CO)CO)CCO3)C(C)(C)C5CCC4C1CC1OC([C@H](O)C(C)(C)O)CCC12. The minimum atomic E-state index is -1.14. The molecule has 12 atom stereocenters. The Kier molecular flexibility index (Phi) is 7.71. The summed E-state index contributed by atoms with van der Waals surface area (Å²) < 4.78 is 19.5. The van der Waals surface area contributed by atoms with Gasteiger partial charge in [0.2, 0.25) is 0 Å². The molecule has 246 valence electrons. The van der Waals surface area contributed by atoms with Gasteiger partial charge in [-0.2, -0.15) is 0 Å². The average molecular weight is 606 g/mol. The van der Waals surface area contributed by atoms with Gasteiger partial charge in [-0.1, -0.05) is 20.8 Å². The third-order valence-corrected chi connectivity index (χ3v) is 15.0. The molecular formula is C35H59NO7. The molecule has 10 unspecified atom stereocenters. The Morgan fingerprint density at radius 2 is 1.67 bits per heavy atom. The lowest BCUT2D eigenvalue weighted by Crippen LogP contribution is -2.57. The Labute approximate surface area is 258 Å². The summed E-state index contributed by atoms with van der Waals surface area (Å²) in [4.78, 5) is 2.11. The van der Waals surface area contributed by atoms with Crippen LogP contribution in [0.3, 0.4) is 0 Å². The maximum Gasteiger partial charge on any atom is 0.170 e. The Morgan fingerprint density at radius 1 is 0.930 bits per heavy atom. The third-order valence-electron chi connectivity index (χ3n) is 15.0. The van der Waals surface area contributed by atoms with Crippen molar-refractivity contribution in [1.82, 2.24) is 4.90 Å². The molecular weight excluding hydrogens is 546 g/mol. The van der Waals surface area contributed by atoms with E-state index in [0.29, 0.717) is 53.7 Å². The monoisotopic (exact) mass is 605 g/mol. The lowest BCUT2D eigenvalue weighted by Gasteiger charge is -2.60. The molecule has 5 saturated carbocycles. The Balaban J connectivity index is 1.05. The van der Waals surface area contributed by atoms with Gasteiger partial charge in [-0.25, -0.2) is 0 Å². The van der Waals surface area contributed by atoms with Gasteiger partial charge < -0.3 is 34.6 Å². The fraction of sp³-hybridized carbons (Fsp3) is 1.00. The zero-order valence-electron chi connectivity index (χ0n) is 27.3. The molecule has 0 radical (unpaired) electrons. The predicted molar refractivity (Wildman–Crippen MR) is 162 cm³/mol. The second-order valence-corrected chi connectivity index (χ2v) is 17.4. The molecule has 0 aromatic rings. The van der Waals surface area contributed by atoms with E-state index in [0.717, 1.165) is 31.6 Å². The Bertz CT molecular complexity index is 1040. The van der Waals surface area contributed by atoms with Gasteiger partial charge in [0.25, 0.3) is 0 Å². The maximum absolute atomic E-state index is 10.8. The largest absolute Gasteiger partial charge is 0.395 e. The van der Waals surface area contributed by atoms with Gasteiger partial charge in [0.15, 0.2) is 6.29 Å². The van der Waals surface area contributed by atoms with Crippen LogP contribution in [-0.2, 0) is 14.2 Å². The van der Waals surface area contributed by atoms with E-state index in [1.807, 2.05) is 0 Å². The van der Waals surface area contributed by atoms with Crippen molar-refractivity contribution in [1.29, 1.82) is 0 Å². The molecule has 7 aliphatic rings. The van der Waals surface area contributed by atoms with E-state index in [9.17, 15) is 20.4 Å². The molecule has 0 bridgehead atoms.